The molecule has 8 aromatic rings. The van der Waals surface area contributed by atoms with Gasteiger partial charge < -0.3 is 4.57 Å². The number of thiophene rings is 2. The van der Waals surface area contributed by atoms with Gasteiger partial charge in [0.2, 0.25) is 0 Å². The van der Waals surface area contributed by atoms with Crippen molar-refractivity contribution in [2.75, 3.05) is 0 Å². The van der Waals surface area contributed by atoms with E-state index >= 15 is 0 Å². The lowest BCUT2D eigenvalue weighted by molar-refractivity contribution is 1.19. The summed E-state index contributed by atoms with van der Waals surface area (Å²) in [5.41, 5.74) is 3.80. The lowest BCUT2D eigenvalue weighted by Gasteiger charge is -2.08. The number of rotatable bonds is 1. The molecular weight excluding hydrogens is 438 g/mol. The Morgan fingerprint density at radius 1 is 0.485 bits per heavy atom. The second-order valence-electron chi connectivity index (χ2n) is 8.55. The fourth-order valence-electron chi connectivity index (χ4n) is 5.37. The van der Waals surface area contributed by atoms with Crippen LogP contribution in [0.3, 0.4) is 0 Å². The Hall–Kier alpha value is -3.66. The van der Waals surface area contributed by atoms with E-state index in [4.69, 9.17) is 0 Å². The topological polar surface area (TPSA) is 4.93 Å². The molecule has 1 nitrogen and oxygen atoms in total. The van der Waals surface area contributed by atoms with Gasteiger partial charge in [-0.3, -0.25) is 0 Å². The number of para-hydroxylation sites is 1. The predicted octanol–water partition coefficient (Wildman–Crippen LogP) is 9.52. The van der Waals surface area contributed by atoms with E-state index < -0.39 is 0 Å². The summed E-state index contributed by atoms with van der Waals surface area (Å²) in [6.45, 7) is 0. The highest BCUT2D eigenvalue weighted by Gasteiger charge is 2.20. The molecule has 33 heavy (non-hydrogen) atoms. The van der Waals surface area contributed by atoms with Gasteiger partial charge in [0.25, 0.3) is 0 Å². The Bertz CT molecular complexity index is 2020. The van der Waals surface area contributed by atoms with Gasteiger partial charge >= 0.3 is 0 Å². The molecule has 0 aliphatic heterocycles. The summed E-state index contributed by atoms with van der Waals surface area (Å²) in [6.07, 6.45) is 0. The monoisotopic (exact) mass is 455 g/mol. The van der Waals surface area contributed by atoms with Gasteiger partial charge in [-0.15, -0.1) is 22.7 Å². The van der Waals surface area contributed by atoms with E-state index in [0.717, 1.165) is 0 Å². The third-order valence-electron chi connectivity index (χ3n) is 6.79. The summed E-state index contributed by atoms with van der Waals surface area (Å²) in [5, 5.41) is 8.02. The van der Waals surface area contributed by atoms with Crippen LogP contribution in [0, 0.1) is 0 Å². The largest absolute Gasteiger partial charge is 0.308 e. The van der Waals surface area contributed by atoms with Gasteiger partial charge in [-0.1, -0.05) is 78.9 Å². The molecule has 0 spiro atoms. The first-order valence-electron chi connectivity index (χ1n) is 11.1. The number of hydrogen-bond acceptors (Lipinski definition) is 2. The first-order chi connectivity index (χ1) is 16.4. The van der Waals surface area contributed by atoms with E-state index in [9.17, 15) is 0 Å². The maximum Gasteiger partial charge on any atom is 0.0720 e. The first-order valence-corrected chi connectivity index (χ1v) is 12.8. The molecule has 8 rings (SSSR count). The number of aromatic nitrogens is 1. The average Bonchev–Trinajstić information content (AvgIpc) is 3.52. The molecule has 0 N–H and O–H groups in total. The first kappa shape index (κ1) is 17.8. The highest BCUT2D eigenvalue weighted by Crippen LogP contribution is 2.48. The molecule has 0 aliphatic rings. The Morgan fingerprint density at radius 3 is 2.12 bits per heavy atom. The Labute approximate surface area is 197 Å². The highest BCUT2D eigenvalue weighted by molar-refractivity contribution is 7.37. The molecule has 0 saturated carbocycles. The van der Waals surface area contributed by atoms with Gasteiger partial charge in [0, 0.05) is 31.9 Å². The van der Waals surface area contributed by atoms with E-state index in [2.05, 4.69) is 108 Å². The van der Waals surface area contributed by atoms with Crippen LogP contribution in [0.25, 0.3) is 67.8 Å². The molecular formula is C30H17NS2. The summed E-state index contributed by atoms with van der Waals surface area (Å²) in [5.74, 6) is 0. The van der Waals surface area contributed by atoms with Gasteiger partial charge in [0.05, 0.1) is 25.1 Å². The van der Waals surface area contributed by atoms with Crippen molar-refractivity contribution in [3.63, 3.8) is 0 Å². The van der Waals surface area contributed by atoms with Crippen LogP contribution < -0.4 is 0 Å². The van der Waals surface area contributed by atoms with Crippen molar-refractivity contribution in [3.05, 3.63) is 103 Å². The molecule has 0 atom stereocenters. The predicted molar refractivity (Wildman–Crippen MR) is 147 cm³/mol. The minimum absolute atomic E-state index is 1.21. The standard InChI is InChI=1S/C30H17NS2/c1-2-9-19(10-3-1)31-24-17-14-18-8-4-5-11-20(18)26(24)22-15-16-23-28(27(22)31)33-29-21-12-6-7-13-25(21)32-30(23)29/h1-17H. The molecule has 3 heterocycles. The van der Waals surface area contributed by atoms with Gasteiger partial charge in [-0.2, -0.15) is 0 Å². The van der Waals surface area contributed by atoms with Crippen molar-refractivity contribution in [1.82, 2.24) is 4.57 Å². The van der Waals surface area contributed by atoms with Crippen molar-refractivity contribution in [1.29, 1.82) is 0 Å². The van der Waals surface area contributed by atoms with Crippen LogP contribution in [0.2, 0.25) is 0 Å². The summed E-state index contributed by atoms with van der Waals surface area (Å²) in [4.78, 5) is 0. The van der Waals surface area contributed by atoms with E-state index in [0.29, 0.717) is 0 Å². The summed E-state index contributed by atoms with van der Waals surface area (Å²) >= 11 is 3.87. The average molecular weight is 456 g/mol. The summed E-state index contributed by atoms with van der Waals surface area (Å²) in [6, 6.07) is 37.6. The third kappa shape index (κ3) is 2.31. The maximum atomic E-state index is 2.47. The van der Waals surface area contributed by atoms with Gasteiger partial charge in [-0.05, 0) is 35.0 Å². The molecule has 0 radical (unpaired) electrons. The molecule has 0 fully saturated rings. The van der Waals surface area contributed by atoms with Gasteiger partial charge in [0.15, 0.2) is 0 Å². The van der Waals surface area contributed by atoms with Crippen molar-refractivity contribution in [2.24, 2.45) is 0 Å². The van der Waals surface area contributed by atoms with E-state index in [1.54, 1.807) is 0 Å². The number of nitrogens with zero attached hydrogens (tertiary/aromatic N) is 1. The van der Waals surface area contributed by atoms with Crippen LogP contribution in [0.5, 0.6) is 0 Å². The van der Waals surface area contributed by atoms with Crippen LogP contribution in [-0.4, -0.2) is 4.57 Å². The summed E-state index contributed by atoms with van der Waals surface area (Å²) < 4.78 is 8.04. The van der Waals surface area contributed by atoms with Crippen molar-refractivity contribution in [3.8, 4) is 5.69 Å². The van der Waals surface area contributed by atoms with E-state index in [1.165, 1.54) is 67.8 Å². The fraction of sp³-hybridized carbons (Fsp3) is 0. The molecule has 0 aliphatic carbocycles. The molecule has 0 amide bonds. The zero-order valence-electron chi connectivity index (χ0n) is 17.6. The van der Waals surface area contributed by atoms with Crippen LogP contribution in [0.15, 0.2) is 103 Å². The second kappa shape index (κ2) is 6.44. The molecule has 0 bridgehead atoms. The quantitative estimate of drug-likeness (QED) is 0.232. The van der Waals surface area contributed by atoms with Gasteiger partial charge in [0.1, 0.15) is 0 Å². The lowest BCUT2D eigenvalue weighted by Crippen LogP contribution is -1.93. The highest BCUT2D eigenvalue weighted by atomic mass is 32.1. The third-order valence-corrected chi connectivity index (χ3v) is 9.36. The van der Waals surface area contributed by atoms with Gasteiger partial charge in [-0.25, -0.2) is 0 Å². The fourth-order valence-corrected chi connectivity index (χ4v) is 8.16. The van der Waals surface area contributed by atoms with Crippen LogP contribution in [0.1, 0.15) is 0 Å². The Balaban J connectivity index is 1.66. The lowest BCUT2D eigenvalue weighted by atomic mass is 10.0. The zero-order valence-corrected chi connectivity index (χ0v) is 19.2. The van der Waals surface area contributed by atoms with Crippen LogP contribution in [-0.2, 0) is 0 Å². The van der Waals surface area contributed by atoms with Crippen molar-refractivity contribution in [2.45, 2.75) is 0 Å². The zero-order chi connectivity index (χ0) is 21.5. The SMILES string of the molecule is c1ccc(-n2c3ccc4ccccc4c3c3ccc4c5sc6ccccc6c5sc4c32)cc1. The summed E-state index contributed by atoms with van der Waals surface area (Å²) in [7, 11) is 0. The normalized spacial score (nSPS) is 12.2. The Morgan fingerprint density at radius 2 is 1.21 bits per heavy atom. The minimum Gasteiger partial charge on any atom is -0.308 e. The number of benzene rings is 5. The smallest absolute Gasteiger partial charge is 0.0720 e. The number of hydrogen-bond donors (Lipinski definition) is 0. The Kier molecular flexibility index (Phi) is 3.48. The molecule has 0 unspecified atom stereocenters. The molecule has 154 valence electrons. The molecule has 0 saturated heterocycles. The minimum atomic E-state index is 1.21. The molecule has 3 heteroatoms. The molecule has 3 aromatic heterocycles. The van der Waals surface area contributed by atoms with Crippen LogP contribution in [0.4, 0.5) is 0 Å². The molecule has 5 aromatic carbocycles. The van der Waals surface area contributed by atoms with Crippen LogP contribution >= 0.6 is 22.7 Å². The van der Waals surface area contributed by atoms with Crippen molar-refractivity contribution < 1.29 is 0 Å². The maximum absolute atomic E-state index is 2.47. The van der Waals surface area contributed by atoms with Crippen molar-refractivity contribution >= 4 is 84.8 Å². The number of fused-ring (bicyclic) bond motifs is 11. The van der Waals surface area contributed by atoms with E-state index in [-0.39, 0.29) is 0 Å². The van der Waals surface area contributed by atoms with E-state index in [1.807, 2.05) is 22.7 Å². The second-order valence-corrected chi connectivity index (χ2v) is 10.6.